The zero-order valence-electron chi connectivity index (χ0n) is 24.7. The summed E-state index contributed by atoms with van der Waals surface area (Å²) in [5.74, 6) is 0.244. The van der Waals surface area contributed by atoms with Crippen molar-refractivity contribution in [1.29, 1.82) is 0 Å². The lowest BCUT2D eigenvalue weighted by Crippen LogP contribution is -2.54. The standard InChI is InChI=1S/C30H43N5O4S/c1-19(2)35-17-13-30(27(35)37)12-7-14-34(18-30)21-10-15-33(16-11-21)26(36)23-22-9-8-20(3)31-24(22)40-25(23)32-28(38)39-29(4,5)6/h8-9,19,21H,7,10-18H2,1-6H3,(H,32,38). The van der Waals surface area contributed by atoms with Gasteiger partial charge in [0, 0.05) is 49.3 Å². The lowest BCUT2D eigenvalue weighted by molar-refractivity contribution is -0.140. The molecule has 1 atom stereocenters. The van der Waals surface area contributed by atoms with Crippen LogP contribution in [0.1, 0.15) is 82.8 Å². The molecule has 0 bridgehead atoms. The number of likely N-dealkylation sites (tertiary alicyclic amines) is 3. The molecule has 2 aromatic heterocycles. The summed E-state index contributed by atoms with van der Waals surface area (Å²) in [6.45, 7) is 15.5. The Hall–Kier alpha value is -2.72. The highest BCUT2D eigenvalue weighted by Gasteiger charge is 2.50. The molecule has 3 aliphatic rings. The van der Waals surface area contributed by atoms with Crippen molar-refractivity contribution in [3.8, 4) is 0 Å². The summed E-state index contributed by atoms with van der Waals surface area (Å²) in [7, 11) is 0. The number of ether oxygens (including phenoxy) is 1. The Morgan fingerprint density at radius 2 is 1.85 bits per heavy atom. The van der Waals surface area contributed by atoms with Gasteiger partial charge in [-0.3, -0.25) is 19.8 Å². The topological polar surface area (TPSA) is 95.1 Å². The number of aryl methyl sites for hydroxylation is 1. The highest BCUT2D eigenvalue weighted by molar-refractivity contribution is 7.23. The average Bonchev–Trinajstić information content (AvgIpc) is 3.39. The second-order valence-electron chi connectivity index (χ2n) is 13.0. The van der Waals surface area contributed by atoms with Gasteiger partial charge >= 0.3 is 6.09 Å². The number of piperidine rings is 2. The van der Waals surface area contributed by atoms with E-state index < -0.39 is 11.7 Å². The predicted octanol–water partition coefficient (Wildman–Crippen LogP) is 5.28. The van der Waals surface area contributed by atoms with Gasteiger partial charge < -0.3 is 14.5 Å². The van der Waals surface area contributed by atoms with E-state index in [2.05, 4.69) is 33.9 Å². The van der Waals surface area contributed by atoms with E-state index in [1.54, 1.807) is 0 Å². The van der Waals surface area contributed by atoms with Crippen LogP contribution in [0.2, 0.25) is 0 Å². The van der Waals surface area contributed by atoms with E-state index in [0.29, 0.717) is 35.6 Å². The molecule has 5 rings (SSSR count). The maximum absolute atomic E-state index is 13.9. The van der Waals surface area contributed by atoms with Gasteiger partial charge in [-0.15, -0.1) is 0 Å². The minimum absolute atomic E-state index is 0.0879. The lowest BCUT2D eigenvalue weighted by Gasteiger charge is -2.45. The van der Waals surface area contributed by atoms with Crippen molar-refractivity contribution in [1.82, 2.24) is 19.7 Å². The number of rotatable bonds is 4. The number of aromatic nitrogens is 1. The molecule has 2 aromatic rings. The third kappa shape index (κ3) is 5.70. The summed E-state index contributed by atoms with van der Waals surface area (Å²) in [6.07, 6.45) is 4.14. The number of hydrogen-bond donors (Lipinski definition) is 1. The summed E-state index contributed by atoms with van der Waals surface area (Å²) in [5.41, 5.74) is 0.455. The Morgan fingerprint density at radius 1 is 1.12 bits per heavy atom. The average molecular weight is 570 g/mol. The van der Waals surface area contributed by atoms with E-state index in [9.17, 15) is 14.4 Å². The molecule has 0 aliphatic carbocycles. The van der Waals surface area contributed by atoms with Crippen molar-refractivity contribution in [2.45, 2.75) is 91.3 Å². The fourth-order valence-corrected chi connectivity index (χ4v) is 7.65. The van der Waals surface area contributed by atoms with Crippen molar-refractivity contribution in [3.05, 3.63) is 23.4 Å². The molecule has 1 N–H and O–H groups in total. The smallest absolute Gasteiger partial charge is 0.412 e. The Morgan fingerprint density at radius 3 is 2.50 bits per heavy atom. The van der Waals surface area contributed by atoms with Crippen LogP contribution in [-0.4, -0.2) is 88.0 Å². The summed E-state index contributed by atoms with van der Waals surface area (Å²) in [4.78, 5) is 51.7. The van der Waals surface area contributed by atoms with Crippen LogP contribution >= 0.6 is 11.3 Å². The highest BCUT2D eigenvalue weighted by atomic mass is 32.1. The van der Waals surface area contributed by atoms with Crippen LogP contribution in [0.15, 0.2) is 12.1 Å². The van der Waals surface area contributed by atoms with E-state index in [1.807, 2.05) is 44.7 Å². The van der Waals surface area contributed by atoms with Crippen molar-refractivity contribution >= 4 is 44.5 Å². The molecule has 1 spiro atoms. The number of nitrogens with zero attached hydrogens (tertiary/aromatic N) is 4. The molecular weight excluding hydrogens is 526 g/mol. The normalized spacial score (nSPS) is 23.0. The van der Waals surface area contributed by atoms with Gasteiger partial charge in [-0.1, -0.05) is 11.3 Å². The quantitative estimate of drug-likeness (QED) is 0.539. The number of fused-ring (bicyclic) bond motifs is 1. The molecule has 3 saturated heterocycles. The van der Waals surface area contributed by atoms with E-state index in [1.165, 1.54) is 11.3 Å². The molecule has 3 aliphatic heterocycles. The maximum Gasteiger partial charge on any atom is 0.412 e. The van der Waals surface area contributed by atoms with Gasteiger partial charge in [0.25, 0.3) is 5.91 Å². The van der Waals surface area contributed by atoms with Gasteiger partial charge in [0.2, 0.25) is 5.91 Å². The Kier molecular flexibility index (Phi) is 7.87. The second-order valence-corrected chi connectivity index (χ2v) is 14.0. The molecule has 40 heavy (non-hydrogen) atoms. The fraction of sp³-hybridized carbons (Fsp3) is 0.667. The van der Waals surface area contributed by atoms with E-state index in [0.717, 1.165) is 67.6 Å². The number of nitrogens with one attached hydrogen (secondary N) is 1. The van der Waals surface area contributed by atoms with E-state index in [4.69, 9.17) is 4.74 Å². The van der Waals surface area contributed by atoms with Crippen LogP contribution in [0.5, 0.6) is 0 Å². The van der Waals surface area contributed by atoms with Crippen LogP contribution < -0.4 is 5.32 Å². The summed E-state index contributed by atoms with van der Waals surface area (Å²) in [6, 6.07) is 4.43. The highest BCUT2D eigenvalue weighted by Crippen LogP contribution is 2.42. The molecule has 0 aromatic carbocycles. The van der Waals surface area contributed by atoms with Gasteiger partial charge in [0.05, 0.1) is 11.0 Å². The zero-order chi connectivity index (χ0) is 28.8. The van der Waals surface area contributed by atoms with Crippen molar-refractivity contribution in [3.63, 3.8) is 0 Å². The number of anilines is 1. The molecule has 0 saturated carbocycles. The zero-order valence-corrected chi connectivity index (χ0v) is 25.5. The molecular formula is C30H43N5O4S. The number of carbonyl (C=O) groups excluding carboxylic acids is 3. The summed E-state index contributed by atoms with van der Waals surface area (Å²) in [5, 5.41) is 4.05. The summed E-state index contributed by atoms with van der Waals surface area (Å²) < 4.78 is 5.47. The molecule has 5 heterocycles. The van der Waals surface area contributed by atoms with Gasteiger partial charge in [-0.2, -0.15) is 0 Å². The second kappa shape index (κ2) is 10.9. The molecule has 3 fully saturated rings. The molecule has 3 amide bonds. The first-order valence-corrected chi connectivity index (χ1v) is 15.4. The van der Waals surface area contributed by atoms with Crippen molar-refractivity contribution in [2.24, 2.45) is 5.41 Å². The van der Waals surface area contributed by atoms with Gasteiger partial charge in [0.15, 0.2) is 0 Å². The first-order valence-electron chi connectivity index (χ1n) is 14.6. The molecule has 0 radical (unpaired) electrons. The number of amides is 3. The van der Waals surface area contributed by atoms with Crippen molar-refractivity contribution in [2.75, 3.05) is 38.0 Å². The van der Waals surface area contributed by atoms with Gasteiger partial charge in [0.1, 0.15) is 15.4 Å². The predicted molar refractivity (Wildman–Crippen MR) is 158 cm³/mol. The van der Waals surface area contributed by atoms with Gasteiger partial charge in [-0.05, 0) is 92.3 Å². The minimum atomic E-state index is -0.648. The van der Waals surface area contributed by atoms with Gasteiger partial charge in [-0.25, -0.2) is 9.78 Å². The Labute approximate surface area is 241 Å². The maximum atomic E-state index is 13.9. The summed E-state index contributed by atoms with van der Waals surface area (Å²) >= 11 is 1.31. The molecule has 9 nitrogen and oxygen atoms in total. The van der Waals surface area contributed by atoms with Crippen molar-refractivity contribution < 1.29 is 19.1 Å². The third-order valence-corrected chi connectivity index (χ3v) is 9.58. The van der Waals surface area contributed by atoms with Crippen LogP contribution in [0.25, 0.3) is 10.2 Å². The molecule has 218 valence electrons. The van der Waals surface area contributed by atoms with Crippen LogP contribution in [0.4, 0.5) is 9.80 Å². The monoisotopic (exact) mass is 569 g/mol. The fourth-order valence-electron chi connectivity index (χ4n) is 6.56. The van der Waals surface area contributed by atoms with Crippen LogP contribution in [-0.2, 0) is 9.53 Å². The number of thiophene rings is 1. The Balaban J connectivity index is 1.29. The number of pyridine rings is 1. The first kappa shape index (κ1) is 28.8. The van der Waals surface area contributed by atoms with Crippen LogP contribution in [0.3, 0.4) is 0 Å². The lowest BCUT2D eigenvalue weighted by atomic mass is 9.77. The first-order chi connectivity index (χ1) is 18.9. The SMILES string of the molecule is Cc1ccc2c(C(=O)N3CCC(N4CCCC5(CCN(C(C)C)C5=O)C4)CC3)c(NC(=O)OC(C)(C)C)sc2n1. The minimum Gasteiger partial charge on any atom is -0.444 e. The third-order valence-electron chi connectivity index (χ3n) is 8.57. The molecule has 10 heteroatoms. The largest absolute Gasteiger partial charge is 0.444 e. The van der Waals surface area contributed by atoms with E-state index in [-0.39, 0.29) is 17.4 Å². The number of hydrogen-bond acceptors (Lipinski definition) is 7. The molecule has 1 unspecified atom stereocenters. The Bertz CT molecular complexity index is 1290. The van der Waals surface area contributed by atoms with E-state index >= 15 is 0 Å². The van der Waals surface area contributed by atoms with Crippen LogP contribution in [0, 0.1) is 12.3 Å². The number of carbonyl (C=O) groups is 3.